The number of carbonyl (C=O) groups is 3. The Kier molecular flexibility index (Phi) is 6.31. The van der Waals surface area contributed by atoms with Gasteiger partial charge in [-0.05, 0) is 59.1 Å². The van der Waals surface area contributed by atoms with E-state index < -0.39 is 17.5 Å². The topological polar surface area (TPSA) is 106 Å². The molecule has 4 amide bonds. The number of benzene rings is 2. The van der Waals surface area contributed by atoms with Crippen LogP contribution in [-0.4, -0.2) is 31.6 Å². The smallest absolute Gasteiger partial charge is 0.322 e. The number of halogens is 1. The molecule has 1 saturated heterocycles. The van der Waals surface area contributed by atoms with Crippen molar-refractivity contribution in [2.45, 2.75) is 25.8 Å². The van der Waals surface area contributed by atoms with E-state index in [0.717, 1.165) is 6.42 Å². The molecule has 1 unspecified atom stereocenters. The van der Waals surface area contributed by atoms with E-state index in [1.165, 1.54) is 7.11 Å². The molecule has 1 heterocycles. The fourth-order valence-electron chi connectivity index (χ4n) is 3.05. The van der Waals surface area contributed by atoms with Crippen LogP contribution in [0.15, 0.2) is 40.9 Å². The minimum absolute atomic E-state index is 0.363. The molecule has 1 atom stereocenters. The quantitative estimate of drug-likeness (QED) is 0.530. The van der Waals surface area contributed by atoms with E-state index in [0.29, 0.717) is 39.4 Å². The van der Waals surface area contributed by atoms with Gasteiger partial charge in [-0.1, -0.05) is 19.1 Å². The summed E-state index contributed by atoms with van der Waals surface area (Å²) < 4.78 is 11.7. The predicted octanol–water partition coefficient (Wildman–Crippen LogP) is 3.55. The lowest BCUT2D eigenvalue weighted by Gasteiger charge is -2.21. The van der Waals surface area contributed by atoms with E-state index in [2.05, 4.69) is 31.9 Å². The van der Waals surface area contributed by atoms with Crippen molar-refractivity contribution in [3.8, 4) is 11.5 Å². The molecule has 9 heteroatoms. The molecular formula is C21H22BrN3O5. The SMILES string of the molecule is CCCOc1c(Br)cc(C(=O)Nc2cccc(C3(C)NC(=O)NC3=O)c2)cc1OC. The first-order valence-electron chi connectivity index (χ1n) is 9.34. The second-order valence-corrected chi connectivity index (χ2v) is 7.76. The zero-order valence-corrected chi connectivity index (χ0v) is 18.4. The van der Waals surface area contributed by atoms with Gasteiger partial charge in [0.2, 0.25) is 0 Å². The van der Waals surface area contributed by atoms with Gasteiger partial charge in [0.05, 0.1) is 18.2 Å². The lowest BCUT2D eigenvalue weighted by atomic mass is 9.92. The van der Waals surface area contributed by atoms with Crippen LogP contribution in [0.3, 0.4) is 0 Å². The molecule has 0 bridgehead atoms. The summed E-state index contributed by atoms with van der Waals surface area (Å²) in [6, 6.07) is 9.45. The molecule has 1 fully saturated rings. The van der Waals surface area contributed by atoms with E-state index in [1.807, 2.05) is 6.92 Å². The predicted molar refractivity (Wildman–Crippen MR) is 115 cm³/mol. The maximum absolute atomic E-state index is 12.8. The first-order valence-corrected chi connectivity index (χ1v) is 10.1. The number of urea groups is 1. The number of imide groups is 1. The van der Waals surface area contributed by atoms with E-state index in [-0.39, 0.29) is 5.91 Å². The fourth-order valence-corrected chi connectivity index (χ4v) is 3.61. The number of anilines is 1. The lowest BCUT2D eigenvalue weighted by Crippen LogP contribution is -2.40. The van der Waals surface area contributed by atoms with Gasteiger partial charge in [0, 0.05) is 11.3 Å². The number of methoxy groups -OCH3 is 1. The van der Waals surface area contributed by atoms with Gasteiger partial charge in [-0.2, -0.15) is 0 Å². The van der Waals surface area contributed by atoms with E-state index in [1.54, 1.807) is 43.3 Å². The normalized spacial score (nSPS) is 17.9. The first kappa shape index (κ1) is 21.6. The minimum Gasteiger partial charge on any atom is -0.493 e. The van der Waals surface area contributed by atoms with Crippen LogP contribution in [0, 0.1) is 0 Å². The highest BCUT2D eigenvalue weighted by molar-refractivity contribution is 9.10. The largest absolute Gasteiger partial charge is 0.493 e. The molecule has 1 aliphatic rings. The Hall–Kier alpha value is -3.07. The summed E-state index contributed by atoms with van der Waals surface area (Å²) >= 11 is 3.43. The Morgan fingerprint density at radius 2 is 2.00 bits per heavy atom. The molecule has 2 aromatic carbocycles. The number of carbonyl (C=O) groups excluding carboxylic acids is 3. The summed E-state index contributed by atoms with van der Waals surface area (Å²) in [7, 11) is 1.51. The molecule has 0 aromatic heterocycles. The monoisotopic (exact) mass is 475 g/mol. The third-order valence-corrected chi connectivity index (χ3v) is 5.27. The van der Waals surface area contributed by atoms with Crippen LogP contribution >= 0.6 is 15.9 Å². The van der Waals surface area contributed by atoms with Crippen LogP contribution in [0.5, 0.6) is 11.5 Å². The number of hydrogen-bond donors (Lipinski definition) is 3. The van der Waals surface area contributed by atoms with Gasteiger partial charge < -0.3 is 20.1 Å². The van der Waals surface area contributed by atoms with Gasteiger partial charge in [-0.25, -0.2) is 4.79 Å². The second kappa shape index (κ2) is 8.74. The molecule has 8 nitrogen and oxygen atoms in total. The van der Waals surface area contributed by atoms with Crippen molar-refractivity contribution in [2.24, 2.45) is 0 Å². The van der Waals surface area contributed by atoms with Crippen molar-refractivity contribution in [3.63, 3.8) is 0 Å². The van der Waals surface area contributed by atoms with Crippen LogP contribution in [-0.2, 0) is 10.3 Å². The minimum atomic E-state index is -1.21. The van der Waals surface area contributed by atoms with Gasteiger partial charge >= 0.3 is 6.03 Å². The number of nitrogens with one attached hydrogen (secondary N) is 3. The number of hydrogen-bond acceptors (Lipinski definition) is 5. The molecule has 0 spiro atoms. The van der Waals surface area contributed by atoms with Crippen LogP contribution in [0.4, 0.5) is 10.5 Å². The van der Waals surface area contributed by atoms with Crippen molar-refractivity contribution in [1.29, 1.82) is 0 Å². The molecule has 0 radical (unpaired) electrons. The third kappa shape index (κ3) is 4.25. The van der Waals surface area contributed by atoms with Gasteiger partial charge in [-0.3, -0.25) is 14.9 Å². The maximum atomic E-state index is 12.8. The molecule has 1 aliphatic heterocycles. The van der Waals surface area contributed by atoms with Crippen molar-refractivity contribution >= 4 is 39.5 Å². The Balaban J connectivity index is 1.84. The maximum Gasteiger partial charge on any atom is 0.322 e. The summed E-state index contributed by atoms with van der Waals surface area (Å²) in [6.45, 7) is 4.12. The molecule has 2 aromatic rings. The third-order valence-electron chi connectivity index (χ3n) is 4.68. The standard InChI is InChI=1S/C21H22BrN3O5/c1-4-8-30-17-15(22)9-12(10-16(17)29-3)18(26)23-14-7-5-6-13(11-14)21(2)19(27)24-20(28)25-21/h5-7,9-11H,4,8H2,1-3H3,(H,23,26)(H2,24,25,27,28). The highest BCUT2D eigenvalue weighted by Gasteiger charge is 2.43. The lowest BCUT2D eigenvalue weighted by molar-refractivity contribution is -0.123. The Morgan fingerprint density at radius 1 is 1.23 bits per heavy atom. The Labute approximate surface area is 182 Å². The van der Waals surface area contributed by atoms with Gasteiger partial charge in [-0.15, -0.1) is 0 Å². The van der Waals surface area contributed by atoms with Gasteiger partial charge in [0.1, 0.15) is 5.54 Å². The van der Waals surface area contributed by atoms with E-state index in [9.17, 15) is 14.4 Å². The number of ether oxygens (including phenoxy) is 2. The van der Waals surface area contributed by atoms with Crippen molar-refractivity contribution < 1.29 is 23.9 Å². The molecule has 0 saturated carbocycles. The van der Waals surface area contributed by atoms with Crippen molar-refractivity contribution in [1.82, 2.24) is 10.6 Å². The summed E-state index contributed by atoms with van der Waals surface area (Å²) in [5, 5.41) is 7.63. The number of amides is 4. The Bertz CT molecular complexity index is 1010. The zero-order valence-electron chi connectivity index (χ0n) is 16.8. The average Bonchev–Trinajstić information content (AvgIpc) is 2.99. The van der Waals surface area contributed by atoms with Crippen LogP contribution in [0.25, 0.3) is 0 Å². The van der Waals surface area contributed by atoms with Gasteiger partial charge in [0.25, 0.3) is 11.8 Å². The fraction of sp³-hybridized carbons (Fsp3) is 0.286. The van der Waals surface area contributed by atoms with E-state index >= 15 is 0 Å². The molecule has 158 valence electrons. The summed E-state index contributed by atoms with van der Waals surface area (Å²) in [5.74, 6) is 0.161. The molecule has 30 heavy (non-hydrogen) atoms. The van der Waals surface area contributed by atoms with Crippen LogP contribution in [0.2, 0.25) is 0 Å². The molecule has 3 N–H and O–H groups in total. The highest BCUT2D eigenvalue weighted by atomic mass is 79.9. The van der Waals surface area contributed by atoms with E-state index in [4.69, 9.17) is 9.47 Å². The summed E-state index contributed by atoms with van der Waals surface area (Å²) in [6.07, 6.45) is 0.839. The van der Waals surface area contributed by atoms with Crippen molar-refractivity contribution in [3.05, 3.63) is 52.0 Å². The second-order valence-electron chi connectivity index (χ2n) is 6.91. The summed E-state index contributed by atoms with van der Waals surface area (Å²) in [4.78, 5) is 36.5. The molecule has 0 aliphatic carbocycles. The number of rotatable bonds is 7. The highest BCUT2D eigenvalue weighted by Crippen LogP contribution is 2.37. The zero-order chi connectivity index (χ0) is 21.9. The first-order chi connectivity index (χ1) is 14.3. The summed E-state index contributed by atoms with van der Waals surface area (Å²) in [5.41, 5.74) is 0.188. The Morgan fingerprint density at radius 3 is 2.63 bits per heavy atom. The van der Waals surface area contributed by atoms with Gasteiger partial charge in [0.15, 0.2) is 11.5 Å². The molecule has 3 rings (SSSR count). The van der Waals surface area contributed by atoms with Crippen molar-refractivity contribution in [2.75, 3.05) is 19.0 Å². The van der Waals surface area contributed by atoms with Crippen LogP contribution < -0.4 is 25.4 Å². The molecular weight excluding hydrogens is 454 g/mol. The average molecular weight is 476 g/mol. The van der Waals surface area contributed by atoms with Crippen LogP contribution in [0.1, 0.15) is 36.2 Å².